The Hall–Kier alpha value is -1.10. The molecule has 0 aromatic carbocycles. The lowest BCUT2D eigenvalue weighted by Gasteiger charge is -2.32. The molecule has 19 heavy (non-hydrogen) atoms. The van der Waals surface area contributed by atoms with Gasteiger partial charge in [-0.05, 0) is 32.2 Å². The molecule has 5 nitrogen and oxygen atoms in total. The molecule has 1 heterocycles. The molecule has 1 fully saturated rings. The van der Waals surface area contributed by atoms with Crippen LogP contribution in [0.1, 0.15) is 46.0 Å². The Morgan fingerprint density at radius 3 is 2.53 bits per heavy atom. The molecular weight excluding hydrogens is 242 g/mol. The van der Waals surface area contributed by atoms with Gasteiger partial charge in [0.2, 0.25) is 11.8 Å². The van der Waals surface area contributed by atoms with Crippen LogP contribution in [-0.4, -0.2) is 48.9 Å². The summed E-state index contributed by atoms with van der Waals surface area (Å²) in [4.78, 5) is 24.9. The Morgan fingerprint density at radius 1 is 1.26 bits per heavy atom. The standard InChI is InChI=1S/C14H27N3O2/c1-3-9-17-10-6-13(7-11-17)16-14(19)5-4-8-15-12(2)18/h13H,3-11H2,1-2H3,(H,15,18)(H,16,19). The molecule has 2 amide bonds. The Labute approximate surface area is 116 Å². The van der Waals surface area contributed by atoms with Crippen LogP contribution in [-0.2, 0) is 9.59 Å². The summed E-state index contributed by atoms with van der Waals surface area (Å²) < 4.78 is 0. The van der Waals surface area contributed by atoms with E-state index in [0.29, 0.717) is 25.4 Å². The van der Waals surface area contributed by atoms with E-state index in [4.69, 9.17) is 0 Å². The second kappa shape index (κ2) is 8.91. The summed E-state index contributed by atoms with van der Waals surface area (Å²) in [5.41, 5.74) is 0. The molecular formula is C14H27N3O2. The normalized spacial score (nSPS) is 17.2. The molecule has 0 radical (unpaired) electrons. The highest BCUT2D eigenvalue weighted by Crippen LogP contribution is 2.10. The Morgan fingerprint density at radius 2 is 1.95 bits per heavy atom. The molecule has 0 bridgehead atoms. The summed E-state index contributed by atoms with van der Waals surface area (Å²) in [5, 5.41) is 5.79. The fraction of sp³-hybridized carbons (Fsp3) is 0.857. The van der Waals surface area contributed by atoms with Crippen LogP contribution in [0.5, 0.6) is 0 Å². The van der Waals surface area contributed by atoms with Crippen LogP contribution < -0.4 is 10.6 Å². The average Bonchev–Trinajstić information content (AvgIpc) is 2.37. The topological polar surface area (TPSA) is 61.4 Å². The lowest BCUT2D eigenvalue weighted by atomic mass is 10.0. The third kappa shape index (κ3) is 7.15. The smallest absolute Gasteiger partial charge is 0.220 e. The number of amides is 2. The molecule has 0 atom stereocenters. The van der Waals surface area contributed by atoms with E-state index in [2.05, 4.69) is 22.5 Å². The van der Waals surface area contributed by atoms with E-state index in [0.717, 1.165) is 32.5 Å². The van der Waals surface area contributed by atoms with Gasteiger partial charge in [0.15, 0.2) is 0 Å². The molecule has 0 unspecified atom stereocenters. The van der Waals surface area contributed by atoms with Crippen molar-refractivity contribution >= 4 is 11.8 Å². The average molecular weight is 269 g/mol. The molecule has 2 N–H and O–H groups in total. The van der Waals surface area contributed by atoms with Gasteiger partial charge < -0.3 is 15.5 Å². The van der Waals surface area contributed by atoms with Crippen molar-refractivity contribution in [3.05, 3.63) is 0 Å². The van der Waals surface area contributed by atoms with E-state index in [1.54, 1.807) is 0 Å². The zero-order valence-electron chi connectivity index (χ0n) is 12.2. The maximum atomic E-state index is 11.7. The number of likely N-dealkylation sites (tertiary alicyclic amines) is 1. The molecule has 1 aliphatic heterocycles. The van der Waals surface area contributed by atoms with Gasteiger partial charge in [-0.25, -0.2) is 0 Å². The minimum atomic E-state index is -0.0382. The van der Waals surface area contributed by atoms with Gasteiger partial charge in [0.25, 0.3) is 0 Å². The summed E-state index contributed by atoms with van der Waals surface area (Å²) in [5.74, 6) is 0.0722. The largest absolute Gasteiger partial charge is 0.356 e. The molecule has 0 aromatic rings. The molecule has 0 aliphatic carbocycles. The van der Waals surface area contributed by atoms with E-state index in [1.807, 2.05) is 0 Å². The molecule has 0 spiro atoms. The van der Waals surface area contributed by atoms with E-state index < -0.39 is 0 Å². The first-order valence-corrected chi connectivity index (χ1v) is 7.38. The molecule has 1 rings (SSSR count). The van der Waals surface area contributed by atoms with Crippen LogP contribution in [0.4, 0.5) is 0 Å². The lowest BCUT2D eigenvalue weighted by Crippen LogP contribution is -2.44. The van der Waals surface area contributed by atoms with Crippen LogP contribution in [0.3, 0.4) is 0 Å². The predicted octanol–water partition coefficient (Wildman–Crippen LogP) is 0.893. The predicted molar refractivity (Wildman–Crippen MR) is 75.8 cm³/mol. The first-order chi connectivity index (χ1) is 9.11. The Bertz CT molecular complexity index is 286. The minimum Gasteiger partial charge on any atom is -0.356 e. The molecule has 0 aromatic heterocycles. The number of hydrogen-bond acceptors (Lipinski definition) is 3. The highest BCUT2D eigenvalue weighted by molar-refractivity contribution is 5.76. The van der Waals surface area contributed by atoms with Crippen molar-refractivity contribution in [2.24, 2.45) is 0 Å². The van der Waals surface area contributed by atoms with Crippen molar-refractivity contribution in [3.63, 3.8) is 0 Å². The van der Waals surface area contributed by atoms with Crippen molar-refractivity contribution in [1.29, 1.82) is 0 Å². The number of rotatable bonds is 7. The van der Waals surface area contributed by atoms with Crippen LogP contribution in [0, 0.1) is 0 Å². The fourth-order valence-electron chi connectivity index (χ4n) is 2.43. The van der Waals surface area contributed by atoms with Crippen molar-refractivity contribution in [3.8, 4) is 0 Å². The Kier molecular flexibility index (Phi) is 7.48. The molecule has 1 saturated heterocycles. The van der Waals surface area contributed by atoms with Gasteiger partial charge in [-0.1, -0.05) is 6.92 Å². The van der Waals surface area contributed by atoms with E-state index >= 15 is 0 Å². The van der Waals surface area contributed by atoms with Crippen molar-refractivity contribution < 1.29 is 9.59 Å². The maximum Gasteiger partial charge on any atom is 0.220 e. The summed E-state index contributed by atoms with van der Waals surface area (Å²) in [6.07, 6.45) is 4.50. The fourth-order valence-corrected chi connectivity index (χ4v) is 2.43. The summed E-state index contributed by atoms with van der Waals surface area (Å²) in [6.45, 7) is 7.61. The number of carbonyl (C=O) groups excluding carboxylic acids is 2. The maximum absolute atomic E-state index is 11.7. The van der Waals surface area contributed by atoms with Gasteiger partial charge in [0, 0.05) is 39.0 Å². The number of piperidine rings is 1. The van der Waals surface area contributed by atoms with Gasteiger partial charge in [0.05, 0.1) is 0 Å². The first-order valence-electron chi connectivity index (χ1n) is 7.38. The van der Waals surface area contributed by atoms with Crippen LogP contribution in [0.2, 0.25) is 0 Å². The summed E-state index contributed by atoms with van der Waals surface area (Å²) in [6, 6.07) is 0.335. The summed E-state index contributed by atoms with van der Waals surface area (Å²) in [7, 11) is 0. The first kappa shape index (κ1) is 16.0. The number of hydrogen-bond donors (Lipinski definition) is 2. The van der Waals surface area contributed by atoms with E-state index in [-0.39, 0.29) is 11.8 Å². The van der Waals surface area contributed by atoms with Crippen LogP contribution in [0.25, 0.3) is 0 Å². The molecule has 110 valence electrons. The van der Waals surface area contributed by atoms with Crippen LogP contribution in [0.15, 0.2) is 0 Å². The number of carbonyl (C=O) groups is 2. The lowest BCUT2D eigenvalue weighted by molar-refractivity contribution is -0.123. The van der Waals surface area contributed by atoms with Gasteiger partial charge in [0.1, 0.15) is 0 Å². The highest BCUT2D eigenvalue weighted by Gasteiger charge is 2.19. The third-order valence-electron chi connectivity index (χ3n) is 3.45. The van der Waals surface area contributed by atoms with E-state index in [9.17, 15) is 9.59 Å². The molecule has 0 saturated carbocycles. The number of nitrogens with one attached hydrogen (secondary N) is 2. The number of nitrogens with zero attached hydrogens (tertiary/aromatic N) is 1. The van der Waals surface area contributed by atoms with Gasteiger partial charge >= 0.3 is 0 Å². The third-order valence-corrected chi connectivity index (χ3v) is 3.45. The van der Waals surface area contributed by atoms with Crippen molar-refractivity contribution in [2.45, 2.75) is 52.0 Å². The van der Waals surface area contributed by atoms with Crippen LogP contribution >= 0.6 is 0 Å². The van der Waals surface area contributed by atoms with Crippen molar-refractivity contribution in [2.75, 3.05) is 26.2 Å². The van der Waals surface area contributed by atoms with E-state index in [1.165, 1.54) is 13.3 Å². The summed E-state index contributed by atoms with van der Waals surface area (Å²) >= 11 is 0. The Balaban J connectivity index is 2.08. The van der Waals surface area contributed by atoms with Crippen molar-refractivity contribution in [1.82, 2.24) is 15.5 Å². The quantitative estimate of drug-likeness (QED) is 0.675. The second-order valence-electron chi connectivity index (χ2n) is 5.27. The highest BCUT2D eigenvalue weighted by atomic mass is 16.2. The monoisotopic (exact) mass is 269 g/mol. The minimum absolute atomic E-state index is 0.0382. The van der Waals surface area contributed by atoms with Gasteiger partial charge in [-0.3, -0.25) is 9.59 Å². The molecule has 5 heteroatoms. The zero-order chi connectivity index (χ0) is 14.1. The molecule has 1 aliphatic rings. The van der Waals surface area contributed by atoms with Gasteiger partial charge in [-0.15, -0.1) is 0 Å². The second-order valence-corrected chi connectivity index (χ2v) is 5.27. The van der Waals surface area contributed by atoms with Gasteiger partial charge in [-0.2, -0.15) is 0 Å². The zero-order valence-corrected chi connectivity index (χ0v) is 12.2. The SMILES string of the molecule is CCCN1CCC(NC(=O)CCCNC(C)=O)CC1.